The Labute approximate surface area is 259 Å². The SMILES string of the molecule is CC[C@H](NC(=O)c1c(CN2CCN(c3ccc(C)c(C)c3)CC2)n(-c2ccccc2)c(=O)c2ccccc12)c1ccccc1. The summed E-state index contributed by atoms with van der Waals surface area (Å²) in [4.78, 5) is 33.4. The summed E-state index contributed by atoms with van der Waals surface area (Å²) in [5.74, 6) is -0.162. The predicted octanol–water partition coefficient (Wildman–Crippen LogP) is 6.81. The molecule has 1 saturated heterocycles. The van der Waals surface area contributed by atoms with Crippen molar-refractivity contribution in [3.05, 3.63) is 141 Å². The molecule has 1 fully saturated rings. The molecule has 0 aliphatic carbocycles. The number of amides is 1. The fraction of sp³-hybridized carbons (Fsp3) is 0.263. The zero-order chi connectivity index (χ0) is 30.6. The standard InChI is InChI=1S/C38H40N4O2/c1-4-34(29-13-7-5-8-14-29)39-37(43)36-32-17-11-12-18-33(32)38(44)42(30-15-9-6-10-16-30)35(36)26-40-21-23-41(24-22-40)31-20-19-27(2)28(3)25-31/h5-20,25,34H,4,21-24,26H2,1-3H3,(H,39,43)/t34-/m0/s1. The second kappa shape index (κ2) is 12.9. The topological polar surface area (TPSA) is 57.6 Å². The fourth-order valence-electron chi connectivity index (χ4n) is 6.29. The minimum atomic E-state index is -0.162. The summed E-state index contributed by atoms with van der Waals surface area (Å²) in [7, 11) is 0. The summed E-state index contributed by atoms with van der Waals surface area (Å²) in [6, 6.07) is 33.8. The third-order valence-corrected chi connectivity index (χ3v) is 8.95. The number of aromatic nitrogens is 1. The summed E-state index contributed by atoms with van der Waals surface area (Å²) in [5.41, 5.74) is 6.84. The normalized spacial score (nSPS) is 14.5. The van der Waals surface area contributed by atoms with E-state index in [9.17, 15) is 9.59 Å². The number of fused-ring (bicyclic) bond motifs is 1. The predicted molar refractivity (Wildman–Crippen MR) is 180 cm³/mol. The lowest BCUT2D eigenvalue weighted by molar-refractivity contribution is 0.0934. The van der Waals surface area contributed by atoms with Crippen LogP contribution in [0.25, 0.3) is 16.5 Å². The molecule has 5 aromatic rings. The Morgan fingerprint density at radius 3 is 2.05 bits per heavy atom. The van der Waals surface area contributed by atoms with Crippen LogP contribution < -0.4 is 15.8 Å². The van der Waals surface area contributed by atoms with E-state index in [1.807, 2.05) is 84.9 Å². The second-order valence-electron chi connectivity index (χ2n) is 11.7. The number of benzene rings is 4. The Kier molecular flexibility index (Phi) is 8.62. The first-order valence-corrected chi connectivity index (χ1v) is 15.6. The maximum atomic E-state index is 14.4. The van der Waals surface area contributed by atoms with Crippen LogP contribution in [-0.2, 0) is 6.54 Å². The van der Waals surface area contributed by atoms with Crippen molar-refractivity contribution in [3.63, 3.8) is 0 Å². The van der Waals surface area contributed by atoms with Gasteiger partial charge in [0.2, 0.25) is 0 Å². The molecule has 1 N–H and O–H groups in total. The number of nitrogens with zero attached hydrogens (tertiary/aromatic N) is 3. The number of rotatable bonds is 8. The maximum absolute atomic E-state index is 14.4. The van der Waals surface area contributed by atoms with Gasteiger partial charge >= 0.3 is 0 Å². The molecule has 0 bridgehead atoms. The van der Waals surface area contributed by atoms with Gasteiger partial charge in [-0.1, -0.05) is 79.7 Å². The van der Waals surface area contributed by atoms with Gasteiger partial charge in [0, 0.05) is 54.9 Å². The summed E-state index contributed by atoms with van der Waals surface area (Å²) < 4.78 is 1.76. The van der Waals surface area contributed by atoms with E-state index in [4.69, 9.17) is 0 Å². The van der Waals surface area contributed by atoms with Crippen LogP contribution in [0.3, 0.4) is 0 Å². The van der Waals surface area contributed by atoms with Gasteiger partial charge in [-0.3, -0.25) is 19.1 Å². The third kappa shape index (κ3) is 5.90. The molecule has 1 aromatic heterocycles. The van der Waals surface area contributed by atoms with Crippen molar-refractivity contribution in [1.29, 1.82) is 0 Å². The van der Waals surface area contributed by atoms with Crippen LogP contribution in [0, 0.1) is 13.8 Å². The van der Waals surface area contributed by atoms with E-state index in [-0.39, 0.29) is 17.5 Å². The highest BCUT2D eigenvalue weighted by Gasteiger charge is 2.27. The van der Waals surface area contributed by atoms with Crippen molar-refractivity contribution >= 4 is 22.4 Å². The van der Waals surface area contributed by atoms with Gasteiger partial charge in [-0.2, -0.15) is 0 Å². The van der Waals surface area contributed by atoms with Gasteiger partial charge in [0.05, 0.1) is 17.3 Å². The lowest BCUT2D eigenvalue weighted by Crippen LogP contribution is -2.47. The number of aryl methyl sites for hydroxylation is 2. The van der Waals surface area contributed by atoms with Crippen LogP contribution in [0.1, 0.15) is 52.1 Å². The number of pyridine rings is 1. The molecule has 1 aliphatic heterocycles. The molecular weight excluding hydrogens is 544 g/mol. The highest BCUT2D eigenvalue weighted by Crippen LogP contribution is 2.27. The Balaban J connectivity index is 1.41. The van der Waals surface area contributed by atoms with Crippen LogP contribution in [0.2, 0.25) is 0 Å². The molecule has 2 heterocycles. The first kappa shape index (κ1) is 29.4. The zero-order valence-electron chi connectivity index (χ0n) is 25.8. The van der Waals surface area contributed by atoms with Gasteiger partial charge in [0.25, 0.3) is 11.5 Å². The number of nitrogens with one attached hydrogen (secondary N) is 1. The molecular formula is C38H40N4O2. The molecule has 44 heavy (non-hydrogen) atoms. The minimum absolute atomic E-state index is 0.109. The molecule has 4 aromatic carbocycles. The van der Waals surface area contributed by atoms with E-state index in [1.54, 1.807) is 4.57 Å². The van der Waals surface area contributed by atoms with E-state index >= 15 is 0 Å². The molecule has 1 amide bonds. The molecule has 0 unspecified atom stereocenters. The van der Waals surface area contributed by atoms with E-state index in [0.29, 0.717) is 22.9 Å². The maximum Gasteiger partial charge on any atom is 0.263 e. The zero-order valence-corrected chi connectivity index (χ0v) is 25.8. The first-order chi connectivity index (χ1) is 21.4. The lowest BCUT2D eigenvalue weighted by Gasteiger charge is -2.37. The van der Waals surface area contributed by atoms with E-state index < -0.39 is 0 Å². The minimum Gasteiger partial charge on any atom is -0.369 e. The van der Waals surface area contributed by atoms with Crippen LogP contribution >= 0.6 is 0 Å². The quantitative estimate of drug-likeness (QED) is 0.218. The van der Waals surface area contributed by atoms with Crippen LogP contribution in [0.15, 0.2) is 108 Å². The molecule has 0 spiro atoms. The number of para-hydroxylation sites is 1. The largest absolute Gasteiger partial charge is 0.369 e. The Hall–Kier alpha value is -4.68. The van der Waals surface area contributed by atoms with Crippen LogP contribution in [0.4, 0.5) is 5.69 Å². The number of hydrogen-bond donors (Lipinski definition) is 1. The van der Waals surface area contributed by atoms with E-state index in [2.05, 4.69) is 54.1 Å². The number of piperazine rings is 1. The number of carbonyl (C=O) groups excluding carboxylic acids is 1. The molecule has 6 rings (SSSR count). The summed E-state index contributed by atoms with van der Waals surface area (Å²) in [6.45, 7) is 10.3. The second-order valence-corrected chi connectivity index (χ2v) is 11.7. The van der Waals surface area contributed by atoms with Crippen molar-refractivity contribution in [2.45, 2.75) is 39.8 Å². The van der Waals surface area contributed by atoms with Crippen molar-refractivity contribution in [3.8, 4) is 5.69 Å². The number of anilines is 1. The molecule has 6 nitrogen and oxygen atoms in total. The van der Waals surface area contributed by atoms with Crippen molar-refractivity contribution in [1.82, 2.24) is 14.8 Å². The molecule has 1 aliphatic rings. The molecule has 0 saturated carbocycles. The highest BCUT2D eigenvalue weighted by molar-refractivity contribution is 6.08. The van der Waals surface area contributed by atoms with Crippen molar-refractivity contribution < 1.29 is 4.79 Å². The highest BCUT2D eigenvalue weighted by atomic mass is 16.2. The van der Waals surface area contributed by atoms with Gasteiger partial charge in [0.15, 0.2) is 0 Å². The molecule has 6 heteroatoms. The first-order valence-electron chi connectivity index (χ1n) is 15.6. The molecule has 1 atom stereocenters. The van der Waals surface area contributed by atoms with E-state index in [1.165, 1.54) is 16.8 Å². The summed E-state index contributed by atoms with van der Waals surface area (Å²) in [5, 5.41) is 4.55. The van der Waals surface area contributed by atoms with Gasteiger partial charge in [-0.25, -0.2) is 0 Å². The smallest absolute Gasteiger partial charge is 0.263 e. The monoisotopic (exact) mass is 584 g/mol. The molecule has 224 valence electrons. The third-order valence-electron chi connectivity index (χ3n) is 8.95. The van der Waals surface area contributed by atoms with Gasteiger partial charge < -0.3 is 10.2 Å². The number of hydrogen-bond acceptors (Lipinski definition) is 4. The summed E-state index contributed by atoms with van der Waals surface area (Å²) in [6.07, 6.45) is 0.752. The van der Waals surface area contributed by atoms with E-state index in [0.717, 1.165) is 49.5 Å². The Morgan fingerprint density at radius 2 is 1.39 bits per heavy atom. The lowest BCUT2D eigenvalue weighted by atomic mass is 9.99. The van der Waals surface area contributed by atoms with Crippen molar-refractivity contribution in [2.75, 3.05) is 31.1 Å². The average molecular weight is 585 g/mol. The van der Waals surface area contributed by atoms with Gasteiger partial charge in [0.1, 0.15) is 0 Å². The van der Waals surface area contributed by atoms with Crippen LogP contribution in [-0.4, -0.2) is 41.6 Å². The Bertz CT molecular complexity index is 1820. The van der Waals surface area contributed by atoms with Crippen molar-refractivity contribution in [2.24, 2.45) is 0 Å². The van der Waals surface area contributed by atoms with Crippen LogP contribution in [0.5, 0.6) is 0 Å². The fourth-order valence-corrected chi connectivity index (χ4v) is 6.29. The number of carbonyl (C=O) groups is 1. The van der Waals surface area contributed by atoms with Gasteiger partial charge in [-0.15, -0.1) is 0 Å². The van der Waals surface area contributed by atoms with Gasteiger partial charge in [-0.05, 0) is 67.3 Å². The summed E-state index contributed by atoms with van der Waals surface area (Å²) >= 11 is 0. The Morgan fingerprint density at radius 1 is 0.750 bits per heavy atom. The average Bonchev–Trinajstić information content (AvgIpc) is 3.06. The molecule has 0 radical (unpaired) electrons.